The highest BCUT2D eigenvalue weighted by Gasteiger charge is 2.39. The van der Waals surface area contributed by atoms with Crippen LogP contribution in [0.5, 0.6) is 17.2 Å². The third kappa shape index (κ3) is 3.35. The van der Waals surface area contributed by atoms with E-state index in [9.17, 15) is 9.90 Å². The van der Waals surface area contributed by atoms with E-state index in [1.165, 1.54) is 14.2 Å². The van der Waals surface area contributed by atoms with Gasteiger partial charge in [0.2, 0.25) is 5.75 Å². The molecule has 0 radical (unpaired) electrons. The van der Waals surface area contributed by atoms with E-state index in [4.69, 9.17) is 14.6 Å². The van der Waals surface area contributed by atoms with Crippen LogP contribution in [0, 0.1) is 13.8 Å². The third-order valence-corrected chi connectivity index (χ3v) is 6.49. The van der Waals surface area contributed by atoms with E-state index in [-0.39, 0.29) is 17.5 Å². The normalized spacial score (nSPS) is 17.3. The number of methoxy groups -OCH3 is 2. The Labute approximate surface area is 192 Å². The number of hydrogen-bond donors (Lipinski definition) is 2. The number of carbonyl (C=O) groups is 1. The molecule has 2 aliphatic rings. The van der Waals surface area contributed by atoms with Crippen molar-refractivity contribution in [2.24, 2.45) is 0 Å². The van der Waals surface area contributed by atoms with Crippen LogP contribution in [-0.2, 0) is 4.79 Å². The van der Waals surface area contributed by atoms with Crippen LogP contribution in [0.25, 0.3) is 5.69 Å². The van der Waals surface area contributed by atoms with Crippen LogP contribution < -0.4 is 14.8 Å². The average Bonchev–Trinajstić information content (AvgIpc) is 3.14. The van der Waals surface area contributed by atoms with Crippen molar-refractivity contribution in [3.05, 3.63) is 70.1 Å². The summed E-state index contributed by atoms with van der Waals surface area (Å²) in [5.41, 5.74) is 6.39. The number of fused-ring (bicyclic) bond motifs is 1. The smallest absolute Gasteiger partial charge is 0.200 e. The largest absolute Gasteiger partial charge is 0.502 e. The number of Topliss-reactive ketones (excluding diaryl/α,β-unsaturated/α-hetero) is 1. The van der Waals surface area contributed by atoms with Crippen molar-refractivity contribution in [3.8, 4) is 22.9 Å². The molecule has 1 aromatic heterocycles. The second-order valence-electron chi connectivity index (χ2n) is 8.60. The lowest BCUT2D eigenvalue weighted by Crippen LogP contribution is -2.27. The van der Waals surface area contributed by atoms with Gasteiger partial charge in [0.1, 0.15) is 5.82 Å². The number of benzene rings is 2. The van der Waals surface area contributed by atoms with Gasteiger partial charge < -0.3 is 19.9 Å². The topological polar surface area (TPSA) is 85.6 Å². The van der Waals surface area contributed by atoms with Gasteiger partial charge in [-0.2, -0.15) is 5.10 Å². The van der Waals surface area contributed by atoms with Crippen LogP contribution in [0.4, 0.5) is 5.82 Å². The SMILES string of the molecule is COc1cc(C2C3=C(CCCC3=O)Nc3c2c(C)nn3-c2cccc(C)c2)cc(OC)c1O. The minimum absolute atomic E-state index is 0.0609. The van der Waals surface area contributed by atoms with Gasteiger partial charge in [-0.1, -0.05) is 12.1 Å². The summed E-state index contributed by atoms with van der Waals surface area (Å²) in [4.78, 5) is 13.2. The zero-order valence-corrected chi connectivity index (χ0v) is 19.2. The van der Waals surface area contributed by atoms with Crippen LogP contribution >= 0.6 is 0 Å². The molecule has 2 heterocycles. The number of aromatic nitrogens is 2. The van der Waals surface area contributed by atoms with Crippen LogP contribution in [-0.4, -0.2) is 34.9 Å². The molecule has 7 heteroatoms. The molecule has 1 aliphatic heterocycles. The van der Waals surface area contributed by atoms with Gasteiger partial charge in [0.05, 0.1) is 25.6 Å². The molecule has 1 aliphatic carbocycles. The molecule has 0 fully saturated rings. The van der Waals surface area contributed by atoms with Gasteiger partial charge in [0.25, 0.3) is 0 Å². The van der Waals surface area contributed by atoms with Crippen LogP contribution in [0.3, 0.4) is 0 Å². The summed E-state index contributed by atoms with van der Waals surface area (Å²) in [5, 5.41) is 18.9. The maximum Gasteiger partial charge on any atom is 0.200 e. The molecule has 3 aromatic rings. The molecule has 0 saturated heterocycles. The first-order valence-electron chi connectivity index (χ1n) is 11.1. The molecule has 0 bridgehead atoms. The van der Waals surface area contributed by atoms with E-state index >= 15 is 0 Å². The van der Waals surface area contributed by atoms with Crippen LogP contribution in [0.2, 0.25) is 0 Å². The maximum absolute atomic E-state index is 13.2. The first kappa shape index (κ1) is 21.1. The number of allylic oxidation sites excluding steroid dienone is 2. The predicted octanol–water partition coefficient (Wildman–Crippen LogP) is 4.78. The zero-order chi connectivity index (χ0) is 23.3. The number of rotatable bonds is 4. The fourth-order valence-corrected chi connectivity index (χ4v) is 4.98. The Bertz CT molecular complexity index is 1280. The Hall–Kier alpha value is -3.74. The van der Waals surface area contributed by atoms with Crippen molar-refractivity contribution in [1.82, 2.24) is 9.78 Å². The summed E-state index contributed by atoms with van der Waals surface area (Å²) >= 11 is 0. The number of ether oxygens (including phenoxy) is 2. The lowest BCUT2D eigenvalue weighted by atomic mass is 9.76. The summed E-state index contributed by atoms with van der Waals surface area (Å²) in [7, 11) is 3.01. The molecule has 170 valence electrons. The van der Waals surface area contributed by atoms with Gasteiger partial charge in [-0.3, -0.25) is 4.79 Å². The lowest BCUT2D eigenvalue weighted by Gasteiger charge is -2.33. The number of nitrogens with zero attached hydrogens (tertiary/aromatic N) is 2. The number of aromatic hydroxyl groups is 1. The number of phenolic OH excluding ortho intramolecular Hbond substituents is 1. The van der Waals surface area contributed by atoms with Crippen molar-refractivity contribution in [3.63, 3.8) is 0 Å². The van der Waals surface area contributed by atoms with Crippen molar-refractivity contribution < 1.29 is 19.4 Å². The second-order valence-corrected chi connectivity index (χ2v) is 8.60. The van der Waals surface area contributed by atoms with E-state index in [0.717, 1.165) is 58.0 Å². The molecule has 2 aromatic carbocycles. The number of hydrogen-bond acceptors (Lipinski definition) is 6. The molecular formula is C26H27N3O4. The first-order valence-corrected chi connectivity index (χ1v) is 11.1. The van der Waals surface area contributed by atoms with E-state index in [1.807, 2.05) is 23.7 Å². The van der Waals surface area contributed by atoms with Gasteiger partial charge in [-0.05, 0) is 62.1 Å². The number of ketones is 1. The molecule has 5 rings (SSSR count). The molecule has 0 amide bonds. The van der Waals surface area contributed by atoms with Gasteiger partial charge in [-0.25, -0.2) is 4.68 Å². The van der Waals surface area contributed by atoms with Crippen molar-refractivity contribution in [1.29, 1.82) is 0 Å². The minimum Gasteiger partial charge on any atom is -0.502 e. The maximum atomic E-state index is 13.2. The number of phenols is 1. The predicted molar refractivity (Wildman–Crippen MR) is 126 cm³/mol. The molecular weight excluding hydrogens is 418 g/mol. The Balaban J connectivity index is 1.78. The lowest BCUT2D eigenvalue weighted by molar-refractivity contribution is -0.116. The summed E-state index contributed by atoms with van der Waals surface area (Å²) in [6, 6.07) is 11.8. The molecule has 0 saturated carbocycles. The van der Waals surface area contributed by atoms with Gasteiger partial charge in [-0.15, -0.1) is 0 Å². The molecule has 7 nitrogen and oxygen atoms in total. The molecule has 1 unspecified atom stereocenters. The summed E-state index contributed by atoms with van der Waals surface area (Å²) < 4.78 is 12.8. The fraction of sp³-hybridized carbons (Fsp3) is 0.308. The zero-order valence-electron chi connectivity index (χ0n) is 19.2. The van der Waals surface area contributed by atoms with Gasteiger partial charge in [0.15, 0.2) is 17.3 Å². The standard InChI is InChI=1S/C26H27N3O4/c1-14-7-5-8-17(11-14)29-26-22(15(2)28-29)23(24-18(27-26)9-6-10-19(24)30)16-12-20(32-3)25(31)21(13-16)33-4/h5,7-8,11-13,23,27,31H,6,9-10H2,1-4H3. The minimum atomic E-state index is -0.342. The Morgan fingerprint density at radius 1 is 1.09 bits per heavy atom. The summed E-state index contributed by atoms with van der Waals surface area (Å²) in [6.07, 6.45) is 2.12. The number of aryl methyl sites for hydroxylation is 2. The van der Waals surface area contributed by atoms with E-state index in [2.05, 4.69) is 24.4 Å². The van der Waals surface area contributed by atoms with E-state index in [1.54, 1.807) is 12.1 Å². The Morgan fingerprint density at radius 3 is 2.48 bits per heavy atom. The van der Waals surface area contributed by atoms with E-state index < -0.39 is 0 Å². The Morgan fingerprint density at radius 2 is 1.82 bits per heavy atom. The number of nitrogens with one attached hydrogen (secondary N) is 1. The average molecular weight is 446 g/mol. The molecule has 0 spiro atoms. The highest BCUT2D eigenvalue weighted by atomic mass is 16.5. The third-order valence-electron chi connectivity index (χ3n) is 6.49. The van der Waals surface area contributed by atoms with Crippen LogP contribution in [0.1, 0.15) is 47.6 Å². The first-order chi connectivity index (χ1) is 15.9. The number of carbonyl (C=O) groups excluding carboxylic acids is 1. The van der Waals surface area contributed by atoms with Gasteiger partial charge in [0, 0.05) is 29.2 Å². The van der Waals surface area contributed by atoms with Crippen molar-refractivity contribution in [2.45, 2.75) is 39.0 Å². The highest BCUT2D eigenvalue weighted by Crippen LogP contribution is 2.50. The molecule has 33 heavy (non-hydrogen) atoms. The second kappa shape index (κ2) is 7.99. The summed E-state index contributed by atoms with van der Waals surface area (Å²) in [6.45, 7) is 4.02. The fourth-order valence-electron chi connectivity index (χ4n) is 4.98. The van der Waals surface area contributed by atoms with Gasteiger partial charge >= 0.3 is 0 Å². The highest BCUT2D eigenvalue weighted by molar-refractivity contribution is 6.01. The molecule has 2 N–H and O–H groups in total. The Kier molecular flexibility index (Phi) is 5.12. The van der Waals surface area contributed by atoms with Crippen molar-refractivity contribution in [2.75, 3.05) is 19.5 Å². The van der Waals surface area contributed by atoms with Crippen LogP contribution in [0.15, 0.2) is 47.7 Å². The van der Waals surface area contributed by atoms with Crippen molar-refractivity contribution >= 4 is 11.6 Å². The van der Waals surface area contributed by atoms with E-state index in [0.29, 0.717) is 17.9 Å². The quantitative estimate of drug-likeness (QED) is 0.601. The monoisotopic (exact) mass is 445 g/mol. The molecule has 1 atom stereocenters. The number of anilines is 1. The summed E-state index contributed by atoms with van der Waals surface area (Å²) in [5.74, 6) is 1.20.